The maximum Gasteiger partial charge on any atom is 0.323 e. The van der Waals surface area contributed by atoms with Gasteiger partial charge < -0.3 is 19.9 Å². The first-order chi connectivity index (χ1) is 10.1. The molecule has 2 N–H and O–H groups in total. The monoisotopic (exact) mass is 301 g/mol. The molecule has 21 heavy (non-hydrogen) atoms. The number of carboxylic acids is 1. The number of nitrogens with one attached hydrogen (secondary N) is 1. The van der Waals surface area contributed by atoms with Crippen molar-refractivity contribution in [2.24, 2.45) is 5.92 Å². The van der Waals surface area contributed by atoms with E-state index >= 15 is 0 Å². The highest BCUT2D eigenvalue weighted by atomic mass is 16.5. The van der Waals surface area contributed by atoms with E-state index in [1.807, 2.05) is 6.92 Å². The van der Waals surface area contributed by atoms with Crippen molar-refractivity contribution in [2.75, 3.05) is 33.0 Å². The van der Waals surface area contributed by atoms with E-state index < -0.39 is 11.5 Å². The maximum atomic E-state index is 11.3. The summed E-state index contributed by atoms with van der Waals surface area (Å²) in [5.41, 5.74) is -0.809. The van der Waals surface area contributed by atoms with Crippen molar-refractivity contribution in [1.82, 2.24) is 5.32 Å². The fraction of sp³-hybridized carbons (Fsp3) is 0.938. The molecule has 1 fully saturated rings. The molecule has 0 saturated carbocycles. The Hall–Kier alpha value is -0.650. The van der Waals surface area contributed by atoms with Gasteiger partial charge >= 0.3 is 5.97 Å². The first-order valence-corrected chi connectivity index (χ1v) is 8.22. The number of carbonyl (C=O) groups is 1. The Bertz CT molecular complexity index is 292. The van der Waals surface area contributed by atoms with Crippen LogP contribution < -0.4 is 5.32 Å². The summed E-state index contributed by atoms with van der Waals surface area (Å²) in [6.07, 6.45) is 5.56. The fourth-order valence-corrected chi connectivity index (χ4v) is 2.52. The summed E-state index contributed by atoms with van der Waals surface area (Å²) in [5, 5.41) is 12.5. The Kier molecular flexibility index (Phi) is 8.88. The first kappa shape index (κ1) is 18.4. The standard InChI is InChI=1S/C16H31NO4/c1-3-9-17-16(2,15(18)19)8-4-5-10-21-13-14-6-11-20-12-7-14/h14,17H,3-13H2,1-2H3,(H,18,19). The van der Waals surface area contributed by atoms with E-state index in [-0.39, 0.29) is 0 Å². The SMILES string of the molecule is CCCNC(C)(CCCCOCC1CCOCC1)C(=O)O. The van der Waals surface area contributed by atoms with Gasteiger partial charge in [-0.3, -0.25) is 4.79 Å². The van der Waals surface area contributed by atoms with E-state index in [1.54, 1.807) is 6.92 Å². The highest BCUT2D eigenvalue weighted by Crippen LogP contribution is 2.16. The van der Waals surface area contributed by atoms with Crippen molar-refractivity contribution in [1.29, 1.82) is 0 Å². The van der Waals surface area contributed by atoms with E-state index in [1.165, 1.54) is 0 Å². The van der Waals surface area contributed by atoms with Gasteiger partial charge in [-0.1, -0.05) is 6.92 Å². The molecule has 5 nitrogen and oxygen atoms in total. The van der Waals surface area contributed by atoms with Crippen molar-refractivity contribution in [3.8, 4) is 0 Å². The molecule has 1 aliphatic heterocycles. The second-order valence-corrected chi connectivity index (χ2v) is 6.15. The lowest BCUT2D eigenvalue weighted by Gasteiger charge is -2.26. The highest BCUT2D eigenvalue weighted by Gasteiger charge is 2.31. The number of aliphatic carboxylic acids is 1. The van der Waals surface area contributed by atoms with Crippen molar-refractivity contribution < 1.29 is 19.4 Å². The molecule has 1 saturated heterocycles. The molecular formula is C16H31NO4. The Morgan fingerprint density at radius 2 is 2.10 bits per heavy atom. The molecule has 1 atom stereocenters. The van der Waals surface area contributed by atoms with Crippen LogP contribution in [0.2, 0.25) is 0 Å². The molecule has 0 bridgehead atoms. The van der Waals surface area contributed by atoms with Gasteiger partial charge in [-0.25, -0.2) is 0 Å². The average Bonchev–Trinajstić information content (AvgIpc) is 2.49. The largest absolute Gasteiger partial charge is 0.480 e. The lowest BCUT2D eigenvalue weighted by molar-refractivity contribution is -0.144. The molecule has 1 rings (SSSR count). The fourth-order valence-electron chi connectivity index (χ4n) is 2.52. The summed E-state index contributed by atoms with van der Waals surface area (Å²) in [4.78, 5) is 11.3. The predicted molar refractivity (Wildman–Crippen MR) is 82.5 cm³/mol. The summed E-state index contributed by atoms with van der Waals surface area (Å²) >= 11 is 0. The van der Waals surface area contributed by atoms with Crippen LogP contribution in [0, 0.1) is 5.92 Å². The molecule has 5 heteroatoms. The van der Waals surface area contributed by atoms with Crippen LogP contribution in [0.4, 0.5) is 0 Å². The second-order valence-electron chi connectivity index (χ2n) is 6.15. The molecule has 0 aromatic rings. The van der Waals surface area contributed by atoms with E-state index in [0.29, 0.717) is 12.3 Å². The summed E-state index contributed by atoms with van der Waals surface area (Å²) in [5.74, 6) is -0.131. The van der Waals surface area contributed by atoms with Gasteiger partial charge in [0.1, 0.15) is 5.54 Å². The minimum atomic E-state index is -0.809. The van der Waals surface area contributed by atoms with Gasteiger partial charge in [0.2, 0.25) is 0 Å². The number of hydrogen-bond acceptors (Lipinski definition) is 4. The Morgan fingerprint density at radius 3 is 2.71 bits per heavy atom. The van der Waals surface area contributed by atoms with Crippen LogP contribution in [-0.4, -0.2) is 49.6 Å². The quantitative estimate of drug-likeness (QED) is 0.574. The van der Waals surface area contributed by atoms with E-state index in [0.717, 1.165) is 65.1 Å². The number of unbranched alkanes of at least 4 members (excludes halogenated alkanes) is 1. The molecule has 1 unspecified atom stereocenters. The molecule has 1 aliphatic rings. The number of ether oxygens (including phenoxy) is 2. The summed E-state index contributed by atoms with van der Waals surface area (Å²) < 4.78 is 11.0. The zero-order valence-electron chi connectivity index (χ0n) is 13.5. The number of carboxylic acid groups (broad SMARTS) is 1. The van der Waals surface area contributed by atoms with E-state index in [2.05, 4.69) is 5.32 Å². The summed E-state index contributed by atoms with van der Waals surface area (Å²) in [7, 11) is 0. The molecule has 0 spiro atoms. The topological polar surface area (TPSA) is 67.8 Å². The van der Waals surface area contributed by atoms with Crippen molar-refractivity contribution in [3.05, 3.63) is 0 Å². The number of rotatable bonds is 11. The third-order valence-electron chi connectivity index (χ3n) is 4.15. The Balaban J connectivity index is 2.09. The van der Waals surface area contributed by atoms with Crippen LogP contribution in [0.5, 0.6) is 0 Å². The van der Waals surface area contributed by atoms with Gasteiger partial charge in [0.05, 0.1) is 0 Å². The average molecular weight is 301 g/mol. The van der Waals surface area contributed by atoms with Gasteiger partial charge in [-0.05, 0) is 57.9 Å². The van der Waals surface area contributed by atoms with E-state index in [4.69, 9.17) is 9.47 Å². The molecule has 0 aromatic heterocycles. The van der Waals surface area contributed by atoms with Gasteiger partial charge in [0.15, 0.2) is 0 Å². The number of hydrogen-bond donors (Lipinski definition) is 2. The molecule has 124 valence electrons. The molecular weight excluding hydrogens is 270 g/mol. The van der Waals surface area contributed by atoms with E-state index in [9.17, 15) is 9.90 Å². The highest BCUT2D eigenvalue weighted by molar-refractivity contribution is 5.78. The van der Waals surface area contributed by atoms with Crippen molar-refractivity contribution >= 4 is 5.97 Å². The van der Waals surface area contributed by atoms with Crippen LogP contribution in [0.1, 0.15) is 52.4 Å². The normalized spacial score (nSPS) is 19.3. The van der Waals surface area contributed by atoms with Gasteiger partial charge in [-0.15, -0.1) is 0 Å². The molecule has 1 heterocycles. The van der Waals surface area contributed by atoms with Crippen LogP contribution in [-0.2, 0) is 14.3 Å². The summed E-state index contributed by atoms with van der Waals surface area (Å²) in [6, 6.07) is 0. The lowest BCUT2D eigenvalue weighted by atomic mass is 9.95. The Morgan fingerprint density at radius 1 is 1.38 bits per heavy atom. The first-order valence-electron chi connectivity index (χ1n) is 8.22. The van der Waals surface area contributed by atoms with Crippen LogP contribution in [0.25, 0.3) is 0 Å². The Labute approximate surface area is 128 Å². The lowest BCUT2D eigenvalue weighted by Crippen LogP contribution is -2.49. The molecule has 0 aromatic carbocycles. The van der Waals surface area contributed by atoms with Gasteiger partial charge in [0, 0.05) is 26.4 Å². The van der Waals surface area contributed by atoms with Gasteiger partial charge in [0.25, 0.3) is 0 Å². The van der Waals surface area contributed by atoms with Crippen molar-refractivity contribution in [2.45, 2.75) is 57.9 Å². The minimum Gasteiger partial charge on any atom is -0.480 e. The van der Waals surface area contributed by atoms with Crippen LogP contribution in [0.15, 0.2) is 0 Å². The summed E-state index contributed by atoms with van der Waals surface area (Å²) in [6.45, 7) is 7.80. The van der Waals surface area contributed by atoms with Crippen LogP contribution >= 0.6 is 0 Å². The van der Waals surface area contributed by atoms with Gasteiger partial charge in [-0.2, -0.15) is 0 Å². The van der Waals surface area contributed by atoms with Crippen LogP contribution in [0.3, 0.4) is 0 Å². The minimum absolute atomic E-state index is 0.634. The zero-order valence-corrected chi connectivity index (χ0v) is 13.5. The molecule has 0 amide bonds. The molecule has 0 radical (unpaired) electrons. The smallest absolute Gasteiger partial charge is 0.323 e. The third-order valence-corrected chi connectivity index (χ3v) is 4.15. The third kappa shape index (κ3) is 7.25. The second kappa shape index (κ2) is 10.1. The van der Waals surface area contributed by atoms with Crippen molar-refractivity contribution in [3.63, 3.8) is 0 Å². The maximum absolute atomic E-state index is 11.3. The molecule has 0 aliphatic carbocycles. The predicted octanol–water partition coefficient (Wildman–Crippen LogP) is 2.44. The zero-order chi connectivity index (χ0) is 15.6.